The van der Waals surface area contributed by atoms with Crippen molar-refractivity contribution in [1.29, 1.82) is 0 Å². The molecule has 0 fully saturated rings. The van der Waals surface area contributed by atoms with Crippen LogP contribution in [0.1, 0.15) is 5.69 Å². The van der Waals surface area contributed by atoms with E-state index in [1.54, 1.807) is 0 Å². The number of aliphatic hydroxyl groups excluding tert-OH is 1. The summed E-state index contributed by atoms with van der Waals surface area (Å²) in [5.41, 5.74) is -1.02. The summed E-state index contributed by atoms with van der Waals surface area (Å²) in [4.78, 5) is 7.17. The number of hydrogen-bond acceptors (Lipinski definition) is 6. The van der Waals surface area contributed by atoms with Gasteiger partial charge in [0, 0.05) is 19.7 Å². The molecule has 0 aromatic carbocycles. The second-order valence-electron chi connectivity index (χ2n) is 3.47. The molecule has 0 unspecified atom stereocenters. The first-order valence-corrected chi connectivity index (χ1v) is 5.54. The van der Waals surface area contributed by atoms with E-state index in [2.05, 4.69) is 20.6 Å². The summed E-state index contributed by atoms with van der Waals surface area (Å²) in [5, 5.41) is 13.6. The van der Waals surface area contributed by atoms with E-state index in [4.69, 9.17) is 9.84 Å². The predicted molar refractivity (Wildman–Crippen MR) is 63.0 cm³/mol. The van der Waals surface area contributed by atoms with Crippen molar-refractivity contribution < 1.29 is 23.0 Å². The van der Waals surface area contributed by atoms with Crippen LogP contribution in [-0.2, 0) is 10.9 Å². The molecule has 0 amide bonds. The molecule has 1 aromatic rings. The normalized spacial score (nSPS) is 11.4. The molecule has 1 heterocycles. The monoisotopic (exact) mass is 280 g/mol. The Morgan fingerprint density at radius 1 is 1.32 bits per heavy atom. The van der Waals surface area contributed by atoms with E-state index in [9.17, 15) is 13.2 Å². The molecule has 9 heteroatoms. The Labute approximate surface area is 108 Å². The SMILES string of the molecule is CNc1nc(NCCOCCO)cc(C(F)(F)F)n1. The third-order valence-corrected chi connectivity index (χ3v) is 2.03. The molecular weight excluding hydrogens is 265 g/mol. The molecule has 0 spiro atoms. The van der Waals surface area contributed by atoms with Gasteiger partial charge in [0.25, 0.3) is 0 Å². The molecule has 108 valence electrons. The van der Waals surface area contributed by atoms with Crippen LogP contribution in [0.25, 0.3) is 0 Å². The molecule has 1 aromatic heterocycles. The summed E-state index contributed by atoms with van der Waals surface area (Å²) in [7, 11) is 1.43. The Bertz CT molecular complexity index is 401. The van der Waals surface area contributed by atoms with E-state index in [0.29, 0.717) is 0 Å². The minimum Gasteiger partial charge on any atom is -0.394 e. The summed E-state index contributed by atoms with van der Waals surface area (Å²) in [6.07, 6.45) is -4.53. The van der Waals surface area contributed by atoms with E-state index >= 15 is 0 Å². The number of hydrogen-bond donors (Lipinski definition) is 3. The van der Waals surface area contributed by atoms with Gasteiger partial charge in [0.15, 0.2) is 5.69 Å². The number of ether oxygens (including phenoxy) is 1. The maximum Gasteiger partial charge on any atom is 0.433 e. The lowest BCUT2D eigenvalue weighted by Crippen LogP contribution is -2.15. The predicted octanol–water partition coefficient (Wildman–Crippen LogP) is 0.958. The third kappa shape index (κ3) is 5.26. The van der Waals surface area contributed by atoms with Gasteiger partial charge in [0.05, 0.1) is 19.8 Å². The minimum atomic E-state index is -4.53. The highest BCUT2D eigenvalue weighted by molar-refractivity contribution is 5.42. The van der Waals surface area contributed by atoms with Gasteiger partial charge in [0.2, 0.25) is 5.95 Å². The summed E-state index contributed by atoms with van der Waals surface area (Å²) in [6, 6.07) is 0.826. The summed E-state index contributed by atoms with van der Waals surface area (Å²) in [5.74, 6) is -0.0622. The van der Waals surface area contributed by atoms with E-state index in [-0.39, 0.29) is 38.1 Å². The molecule has 6 nitrogen and oxygen atoms in total. The Hall–Kier alpha value is -1.61. The van der Waals surface area contributed by atoms with Crippen LogP contribution < -0.4 is 10.6 Å². The van der Waals surface area contributed by atoms with Crippen LogP contribution >= 0.6 is 0 Å². The zero-order valence-corrected chi connectivity index (χ0v) is 10.3. The minimum absolute atomic E-state index is 0.0549. The van der Waals surface area contributed by atoms with E-state index in [1.165, 1.54) is 7.05 Å². The van der Waals surface area contributed by atoms with Crippen molar-refractivity contribution in [2.75, 3.05) is 44.0 Å². The van der Waals surface area contributed by atoms with E-state index < -0.39 is 11.9 Å². The first kappa shape index (κ1) is 15.4. The smallest absolute Gasteiger partial charge is 0.394 e. The number of anilines is 2. The third-order valence-electron chi connectivity index (χ3n) is 2.03. The fourth-order valence-electron chi connectivity index (χ4n) is 1.21. The van der Waals surface area contributed by atoms with Gasteiger partial charge >= 0.3 is 6.18 Å². The topological polar surface area (TPSA) is 79.3 Å². The Balaban J connectivity index is 2.67. The van der Waals surface area contributed by atoms with E-state index in [0.717, 1.165) is 6.07 Å². The van der Waals surface area contributed by atoms with Gasteiger partial charge in [0.1, 0.15) is 5.82 Å². The lowest BCUT2D eigenvalue weighted by Gasteiger charge is -2.11. The highest BCUT2D eigenvalue weighted by Gasteiger charge is 2.33. The first-order chi connectivity index (χ1) is 8.97. The van der Waals surface area contributed by atoms with Gasteiger partial charge in [-0.15, -0.1) is 0 Å². The molecular formula is C10H15F3N4O2. The van der Waals surface area contributed by atoms with Crippen LogP contribution in [0.2, 0.25) is 0 Å². The Kier molecular flexibility index (Phi) is 5.77. The summed E-state index contributed by atoms with van der Waals surface area (Å²) >= 11 is 0. The van der Waals surface area contributed by atoms with Crippen molar-refractivity contribution in [3.05, 3.63) is 11.8 Å². The van der Waals surface area contributed by atoms with Crippen LogP contribution in [0.3, 0.4) is 0 Å². The van der Waals surface area contributed by atoms with Gasteiger partial charge < -0.3 is 20.5 Å². The van der Waals surface area contributed by atoms with Crippen molar-refractivity contribution in [3.8, 4) is 0 Å². The largest absolute Gasteiger partial charge is 0.433 e. The van der Waals surface area contributed by atoms with Gasteiger partial charge in [-0.05, 0) is 0 Å². The molecule has 0 saturated heterocycles. The number of halogens is 3. The zero-order valence-electron chi connectivity index (χ0n) is 10.3. The maximum absolute atomic E-state index is 12.6. The van der Waals surface area contributed by atoms with Crippen LogP contribution in [0.15, 0.2) is 6.07 Å². The van der Waals surface area contributed by atoms with Crippen molar-refractivity contribution in [3.63, 3.8) is 0 Å². The molecule has 1 rings (SSSR count). The molecule has 0 aliphatic heterocycles. The number of nitrogens with one attached hydrogen (secondary N) is 2. The summed E-state index contributed by atoms with van der Waals surface area (Å²) < 4.78 is 42.7. The van der Waals surface area contributed by atoms with Gasteiger partial charge in [-0.3, -0.25) is 0 Å². The van der Waals surface area contributed by atoms with Crippen molar-refractivity contribution in [1.82, 2.24) is 9.97 Å². The number of aromatic nitrogens is 2. The molecule has 0 aliphatic rings. The molecule has 0 atom stereocenters. The number of alkyl halides is 3. The lowest BCUT2D eigenvalue weighted by molar-refractivity contribution is -0.141. The fraction of sp³-hybridized carbons (Fsp3) is 0.600. The highest BCUT2D eigenvalue weighted by atomic mass is 19.4. The number of nitrogens with zero attached hydrogens (tertiary/aromatic N) is 2. The second-order valence-corrected chi connectivity index (χ2v) is 3.47. The van der Waals surface area contributed by atoms with Crippen molar-refractivity contribution in [2.45, 2.75) is 6.18 Å². The van der Waals surface area contributed by atoms with Gasteiger partial charge in [-0.25, -0.2) is 4.98 Å². The molecule has 0 aliphatic carbocycles. The summed E-state index contributed by atoms with van der Waals surface area (Å²) in [6.45, 7) is 0.606. The van der Waals surface area contributed by atoms with E-state index in [1.807, 2.05) is 0 Å². The van der Waals surface area contributed by atoms with Gasteiger partial charge in [-0.2, -0.15) is 18.2 Å². The average Bonchev–Trinajstić information content (AvgIpc) is 2.37. The zero-order chi connectivity index (χ0) is 14.3. The molecule has 0 saturated carbocycles. The average molecular weight is 280 g/mol. The fourth-order valence-corrected chi connectivity index (χ4v) is 1.21. The van der Waals surface area contributed by atoms with Crippen molar-refractivity contribution >= 4 is 11.8 Å². The van der Waals surface area contributed by atoms with Gasteiger partial charge in [-0.1, -0.05) is 0 Å². The Morgan fingerprint density at radius 2 is 2.05 bits per heavy atom. The van der Waals surface area contributed by atoms with Crippen LogP contribution in [0, 0.1) is 0 Å². The highest BCUT2D eigenvalue weighted by Crippen LogP contribution is 2.29. The Morgan fingerprint density at radius 3 is 2.63 bits per heavy atom. The standard InChI is InChI=1S/C10H15F3N4O2/c1-14-9-16-7(10(11,12)13)6-8(17-9)15-2-4-19-5-3-18/h6,18H,2-5H2,1H3,(H2,14,15,16,17). The van der Waals surface area contributed by atoms with Crippen molar-refractivity contribution in [2.24, 2.45) is 0 Å². The first-order valence-electron chi connectivity index (χ1n) is 5.54. The quantitative estimate of drug-likeness (QED) is 0.646. The number of aliphatic hydroxyl groups is 1. The lowest BCUT2D eigenvalue weighted by atomic mass is 10.3. The second kappa shape index (κ2) is 7.10. The van der Waals surface area contributed by atoms with Crippen LogP contribution in [-0.4, -0.2) is 48.5 Å². The molecule has 19 heavy (non-hydrogen) atoms. The molecule has 0 radical (unpaired) electrons. The molecule has 0 bridgehead atoms. The maximum atomic E-state index is 12.6. The molecule has 3 N–H and O–H groups in total. The van der Waals surface area contributed by atoms with Crippen LogP contribution in [0.4, 0.5) is 24.9 Å². The van der Waals surface area contributed by atoms with Crippen LogP contribution in [0.5, 0.6) is 0 Å². The number of rotatable bonds is 7.